The Balaban J connectivity index is 1.67. The molecule has 2 aromatic carbocycles. The van der Waals surface area contributed by atoms with E-state index >= 15 is 0 Å². The van der Waals surface area contributed by atoms with Crippen molar-refractivity contribution in [3.8, 4) is 11.5 Å². The molecule has 2 aromatic rings. The van der Waals surface area contributed by atoms with E-state index in [4.69, 9.17) is 25.8 Å². The second-order valence-corrected chi connectivity index (χ2v) is 13.8. The fourth-order valence-electron chi connectivity index (χ4n) is 6.77. The Kier molecular flexibility index (Phi) is 8.79. The van der Waals surface area contributed by atoms with Gasteiger partial charge in [-0.15, -0.1) is 0 Å². The Morgan fingerprint density at radius 2 is 1.56 bits per heavy atom. The molecule has 8 heteroatoms. The van der Waals surface area contributed by atoms with Gasteiger partial charge in [-0.3, -0.25) is 9.59 Å². The van der Waals surface area contributed by atoms with Gasteiger partial charge < -0.3 is 19.1 Å². The van der Waals surface area contributed by atoms with E-state index in [0.717, 1.165) is 17.0 Å². The number of nitrogens with zero attached hydrogens (tertiary/aromatic N) is 1. The monoisotopic (exact) mass is 609 g/mol. The summed E-state index contributed by atoms with van der Waals surface area (Å²) in [6.07, 6.45) is 2.20. The summed E-state index contributed by atoms with van der Waals surface area (Å²) in [6, 6.07) is 9.83. The first-order valence-corrected chi connectivity index (χ1v) is 15.3. The van der Waals surface area contributed by atoms with Crippen LogP contribution >= 0.6 is 11.6 Å². The molecule has 0 unspecified atom stereocenters. The number of ether oxygens (including phenoxy) is 3. The van der Waals surface area contributed by atoms with E-state index in [-0.39, 0.29) is 34.8 Å². The molecule has 3 aliphatic rings. The topological polar surface area (TPSA) is 65.1 Å². The van der Waals surface area contributed by atoms with Gasteiger partial charge in [-0.1, -0.05) is 51.4 Å². The molecule has 0 N–H and O–H groups in total. The van der Waals surface area contributed by atoms with Crippen molar-refractivity contribution in [2.24, 2.45) is 10.8 Å². The largest absolute Gasteiger partial charge is 0.490 e. The van der Waals surface area contributed by atoms with E-state index in [9.17, 15) is 14.0 Å². The van der Waals surface area contributed by atoms with Gasteiger partial charge in [-0.05, 0) is 66.0 Å². The predicted octanol–water partition coefficient (Wildman–Crippen LogP) is 7.79. The van der Waals surface area contributed by atoms with Gasteiger partial charge in [0, 0.05) is 55.0 Å². The van der Waals surface area contributed by atoms with Gasteiger partial charge >= 0.3 is 0 Å². The number of benzene rings is 2. The van der Waals surface area contributed by atoms with Crippen LogP contribution in [0.2, 0.25) is 5.02 Å². The highest BCUT2D eigenvalue weighted by Gasteiger charge is 2.49. The lowest BCUT2D eigenvalue weighted by atomic mass is 9.63. The average Bonchev–Trinajstić information content (AvgIpc) is 2.90. The smallest absolute Gasteiger partial charge is 0.180 e. The maximum Gasteiger partial charge on any atom is 0.180 e. The van der Waals surface area contributed by atoms with Crippen molar-refractivity contribution in [1.29, 1.82) is 0 Å². The summed E-state index contributed by atoms with van der Waals surface area (Å²) < 4.78 is 31.3. The Bertz CT molecular complexity index is 1450. The predicted molar refractivity (Wildman–Crippen MR) is 165 cm³/mol. The van der Waals surface area contributed by atoms with E-state index in [1.165, 1.54) is 12.1 Å². The van der Waals surface area contributed by atoms with Crippen LogP contribution in [0.3, 0.4) is 0 Å². The lowest BCUT2D eigenvalue weighted by Crippen LogP contribution is -2.45. The van der Waals surface area contributed by atoms with Crippen LogP contribution in [0.4, 0.5) is 4.39 Å². The molecule has 1 heterocycles. The number of carbonyl (C=O) groups excluding carboxylic acids is 2. The van der Waals surface area contributed by atoms with Crippen molar-refractivity contribution >= 4 is 23.2 Å². The highest BCUT2D eigenvalue weighted by molar-refractivity contribution is 6.32. The molecule has 5 rings (SSSR count). The van der Waals surface area contributed by atoms with Gasteiger partial charge in [-0.25, -0.2) is 4.39 Å². The summed E-state index contributed by atoms with van der Waals surface area (Å²) in [6.45, 7) is 11.8. The first-order valence-electron chi connectivity index (χ1n) is 15.0. The van der Waals surface area contributed by atoms with E-state index < -0.39 is 5.92 Å². The lowest BCUT2D eigenvalue weighted by Gasteiger charge is -2.49. The number of rotatable bonds is 9. The second-order valence-electron chi connectivity index (χ2n) is 13.4. The fourth-order valence-corrected chi connectivity index (χ4v) is 7.05. The summed E-state index contributed by atoms with van der Waals surface area (Å²) in [5.74, 6) is -0.0701. The minimum atomic E-state index is -0.565. The molecule has 230 valence electrons. The number of hydrogen-bond donors (Lipinski definition) is 0. The van der Waals surface area contributed by atoms with Crippen molar-refractivity contribution in [3.05, 3.63) is 80.9 Å². The molecule has 0 saturated carbocycles. The zero-order chi connectivity index (χ0) is 31.1. The third-order valence-electron chi connectivity index (χ3n) is 8.48. The number of Topliss-reactive ketones (excluding diaryl/α,β-unsaturated/α-hetero) is 2. The Morgan fingerprint density at radius 1 is 0.930 bits per heavy atom. The maximum atomic E-state index is 14.0. The Labute approximate surface area is 258 Å². The molecule has 43 heavy (non-hydrogen) atoms. The van der Waals surface area contributed by atoms with Crippen molar-refractivity contribution in [1.82, 2.24) is 4.90 Å². The number of ketones is 2. The number of hydrogen-bond acceptors (Lipinski definition) is 6. The summed E-state index contributed by atoms with van der Waals surface area (Å²) in [5.41, 5.74) is 4.19. The van der Waals surface area contributed by atoms with Crippen LogP contribution in [0, 0.1) is 16.6 Å². The van der Waals surface area contributed by atoms with Crippen LogP contribution < -0.4 is 9.47 Å². The van der Waals surface area contributed by atoms with Gasteiger partial charge in [0.1, 0.15) is 12.4 Å². The minimum Gasteiger partial charge on any atom is -0.490 e. The van der Waals surface area contributed by atoms with Crippen LogP contribution in [0.25, 0.3) is 0 Å². The summed E-state index contributed by atoms with van der Waals surface area (Å²) >= 11 is 6.89. The van der Waals surface area contributed by atoms with E-state index in [2.05, 4.69) is 32.6 Å². The molecule has 0 aromatic heterocycles. The van der Waals surface area contributed by atoms with Crippen molar-refractivity contribution in [2.75, 3.05) is 26.9 Å². The number of methoxy groups -OCH3 is 1. The third kappa shape index (κ3) is 6.39. The van der Waals surface area contributed by atoms with E-state index in [0.29, 0.717) is 78.7 Å². The zero-order valence-electron chi connectivity index (χ0n) is 25.9. The van der Waals surface area contributed by atoms with Crippen LogP contribution in [0.5, 0.6) is 11.5 Å². The zero-order valence-corrected chi connectivity index (χ0v) is 26.7. The minimum absolute atomic E-state index is 0.0448. The fraction of sp³-hybridized carbons (Fsp3) is 0.486. The standard InChI is InChI=1S/C35H41ClFNO5/c1-7-42-29-15-22(14-24(36)33(29)43-20-21-9-8-10-23(37)13-21)30-31-25(16-34(2,3)18-27(31)39)38(11-12-41-6)26-17-35(4,5)19-28(40)32(26)30/h8-10,13-15,30H,7,11-12,16-20H2,1-6H3. The molecule has 0 amide bonds. The van der Waals surface area contributed by atoms with Crippen LogP contribution in [0.1, 0.15) is 77.3 Å². The molecular weight excluding hydrogens is 569 g/mol. The Morgan fingerprint density at radius 3 is 2.12 bits per heavy atom. The van der Waals surface area contributed by atoms with Crippen LogP contribution in [0.15, 0.2) is 58.9 Å². The molecule has 6 nitrogen and oxygen atoms in total. The summed E-state index contributed by atoms with van der Waals surface area (Å²) in [5, 5.41) is 0.302. The van der Waals surface area contributed by atoms with E-state index in [1.807, 2.05) is 13.0 Å². The molecule has 0 fully saturated rings. The van der Waals surface area contributed by atoms with Gasteiger partial charge in [0.2, 0.25) is 0 Å². The van der Waals surface area contributed by atoms with Crippen molar-refractivity contribution in [2.45, 2.75) is 72.8 Å². The van der Waals surface area contributed by atoms with E-state index in [1.54, 1.807) is 25.3 Å². The first kappa shape index (κ1) is 31.3. The number of halogens is 2. The van der Waals surface area contributed by atoms with Crippen molar-refractivity contribution < 1.29 is 28.2 Å². The quantitative estimate of drug-likeness (QED) is 0.289. The molecule has 0 bridgehead atoms. The molecule has 0 spiro atoms. The summed E-state index contributed by atoms with van der Waals surface area (Å²) in [7, 11) is 1.67. The molecular formula is C35H41ClFNO5. The molecule has 2 aliphatic carbocycles. The third-order valence-corrected chi connectivity index (χ3v) is 8.76. The molecule has 0 saturated heterocycles. The van der Waals surface area contributed by atoms with Gasteiger partial charge in [0.15, 0.2) is 23.1 Å². The molecule has 0 atom stereocenters. The van der Waals surface area contributed by atoms with Crippen LogP contribution in [-0.4, -0.2) is 43.3 Å². The van der Waals surface area contributed by atoms with Gasteiger partial charge in [0.05, 0.1) is 18.2 Å². The summed E-state index contributed by atoms with van der Waals surface area (Å²) in [4.78, 5) is 30.3. The normalized spacial score (nSPS) is 19.9. The number of carbonyl (C=O) groups is 2. The highest BCUT2D eigenvalue weighted by Crippen LogP contribution is 2.55. The Hall–Kier alpha value is -3.16. The van der Waals surface area contributed by atoms with Crippen molar-refractivity contribution in [3.63, 3.8) is 0 Å². The number of allylic oxidation sites excluding steroid dienone is 4. The second kappa shape index (κ2) is 12.1. The lowest BCUT2D eigenvalue weighted by molar-refractivity contribution is -0.119. The van der Waals surface area contributed by atoms with Gasteiger partial charge in [0.25, 0.3) is 0 Å². The highest BCUT2D eigenvalue weighted by atomic mass is 35.5. The SMILES string of the molecule is CCOc1cc(C2C3=C(CC(C)(C)CC3=O)N(CCOC)C3=C2C(=O)CC(C)(C)C3)cc(Cl)c1OCc1cccc(F)c1. The molecule has 1 aliphatic heterocycles. The molecule has 0 radical (unpaired) electrons. The van der Waals surface area contributed by atoms with Gasteiger partial charge in [-0.2, -0.15) is 0 Å². The average molecular weight is 610 g/mol. The maximum absolute atomic E-state index is 14.0. The first-order chi connectivity index (χ1) is 20.3. The van der Waals surface area contributed by atoms with Crippen LogP contribution in [-0.2, 0) is 20.9 Å².